The molecule has 2 N–H and O–H groups in total. The highest BCUT2D eigenvalue weighted by molar-refractivity contribution is 6.10. The van der Waals surface area contributed by atoms with Crippen molar-refractivity contribution in [1.82, 2.24) is 0 Å². The van der Waals surface area contributed by atoms with E-state index >= 15 is 0 Å². The van der Waals surface area contributed by atoms with Crippen LogP contribution >= 0.6 is 0 Å². The van der Waals surface area contributed by atoms with Gasteiger partial charge in [0.2, 0.25) is 0 Å². The van der Waals surface area contributed by atoms with Gasteiger partial charge in [-0.15, -0.1) is 0 Å². The zero-order chi connectivity index (χ0) is 16.9. The van der Waals surface area contributed by atoms with Gasteiger partial charge in [-0.25, -0.2) is 0 Å². The summed E-state index contributed by atoms with van der Waals surface area (Å²) in [7, 11) is 0. The molecule has 3 aromatic carbocycles. The van der Waals surface area contributed by atoms with Crippen molar-refractivity contribution in [3.63, 3.8) is 0 Å². The number of aromatic hydroxyl groups is 1. The normalized spacial score (nSPS) is 15.8. The third-order valence-corrected chi connectivity index (χ3v) is 5.07. The molecule has 3 heteroatoms. The maximum atomic E-state index is 9.67. The summed E-state index contributed by atoms with van der Waals surface area (Å²) in [6.07, 6.45) is 2.83. The number of aliphatic hydroxyl groups is 1. The van der Waals surface area contributed by atoms with E-state index < -0.39 is 5.41 Å². The summed E-state index contributed by atoms with van der Waals surface area (Å²) >= 11 is 0. The van der Waals surface area contributed by atoms with Crippen LogP contribution in [0.5, 0.6) is 5.75 Å². The second kappa shape index (κ2) is 5.09. The van der Waals surface area contributed by atoms with Crippen LogP contribution in [0.25, 0.3) is 27.1 Å². The van der Waals surface area contributed by atoms with Gasteiger partial charge in [-0.3, -0.25) is 0 Å². The first-order valence-electron chi connectivity index (χ1n) is 7.98. The Labute approximate surface area is 140 Å². The Bertz CT molecular complexity index is 1060. The van der Waals surface area contributed by atoms with Crippen LogP contribution < -0.4 is 0 Å². The minimum atomic E-state index is -0.873. The molecule has 1 atom stereocenters. The molecule has 0 saturated heterocycles. The lowest BCUT2D eigenvalue weighted by Crippen LogP contribution is -2.20. The average molecular weight is 315 g/mol. The van der Waals surface area contributed by atoms with Crippen LogP contribution in [0, 0.1) is 16.7 Å². The smallest absolute Gasteiger partial charge is 0.116 e. The van der Waals surface area contributed by atoms with E-state index in [0.717, 1.165) is 39.1 Å². The van der Waals surface area contributed by atoms with E-state index in [0.29, 0.717) is 0 Å². The van der Waals surface area contributed by atoms with Crippen molar-refractivity contribution in [3.05, 3.63) is 59.7 Å². The second-order valence-electron chi connectivity index (χ2n) is 6.58. The van der Waals surface area contributed by atoms with Crippen LogP contribution in [0.2, 0.25) is 0 Å². The van der Waals surface area contributed by atoms with Gasteiger partial charge in [0.25, 0.3) is 0 Å². The van der Waals surface area contributed by atoms with E-state index in [-0.39, 0.29) is 12.4 Å². The molecule has 0 aliphatic heterocycles. The number of nitrogens with zero attached hydrogens (tertiary/aromatic N) is 1. The number of benzene rings is 3. The van der Waals surface area contributed by atoms with E-state index in [1.54, 1.807) is 19.1 Å². The molecule has 3 nitrogen and oxygen atoms in total. The van der Waals surface area contributed by atoms with Gasteiger partial charge in [0.1, 0.15) is 11.2 Å². The molecule has 24 heavy (non-hydrogen) atoms. The lowest BCUT2D eigenvalue weighted by Gasteiger charge is -2.22. The van der Waals surface area contributed by atoms with Crippen molar-refractivity contribution in [1.29, 1.82) is 5.26 Å². The van der Waals surface area contributed by atoms with Gasteiger partial charge in [-0.05, 0) is 63.7 Å². The predicted molar refractivity (Wildman–Crippen MR) is 95.6 cm³/mol. The molecule has 0 amide bonds. The van der Waals surface area contributed by atoms with Gasteiger partial charge in [0.05, 0.1) is 12.7 Å². The van der Waals surface area contributed by atoms with Gasteiger partial charge in [-0.1, -0.05) is 36.4 Å². The fourth-order valence-corrected chi connectivity index (χ4v) is 3.69. The quantitative estimate of drug-likeness (QED) is 0.698. The van der Waals surface area contributed by atoms with Crippen LogP contribution in [0.15, 0.2) is 48.5 Å². The summed E-state index contributed by atoms with van der Waals surface area (Å²) in [4.78, 5) is 0. The van der Waals surface area contributed by atoms with Gasteiger partial charge in [-0.2, -0.15) is 5.26 Å². The third kappa shape index (κ3) is 1.94. The molecule has 0 radical (unpaired) electrons. The summed E-state index contributed by atoms with van der Waals surface area (Å²) in [6, 6.07) is 15.9. The highest BCUT2D eigenvalue weighted by atomic mass is 16.3. The minimum absolute atomic E-state index is 0.191. The van der Waals surface area contributed by atoms with E-state index in [4.69, 9.17) is 0 Å². The highest BCUT2D eigenvalue weighted by Gasteiger charge is 2.33. The van der Waals surface area contributed by atoms with Gasteiger partial charge < -0.3 is 10.2 Å². The average Bonchev–Trinajstić information content (AvgIpc) is 3.05. The lowest BCUT2D eigenvalue weighted by molar-refractivity contribution is 0.230. The van der Waals surface area contributed by atoms with Crippen LogP contribution in [0.4, 0.5) is 0 Å². The van der Waals surface area contributed by atoms with E-state index in [1.165, 1.54) is 5.56 Å². The number of phenolic OH excluding ortho intramolecular Hbond substituents is 1. The number of fused-ring (bicyclic) bond motifs is 5. The monoisotopic (exact) mass is 315 g/mol. The number of phenols is 1. The molecule has 1 unspecified atom stereocenters. The molecule has 0 spiro atoms. The summed E-state index contributed by atoms with van der Waals surface area (Å²) in [5, 5.41) is 33.2. The van der Waals surface area contributed by atoms with Crippen molar-refractivity contribution < 1.29 is 10.2 Å². The first-order chi connectivity index (χ1) is 11.6. The summed E-state index contributed by atoms with van der Waals surface area (Å²) in [6.45, 7) is 1.59. The molecule has 0 saturated carbocycles. The third-order valence-electron chi connectivity index (χ3n) is 5.07. The Kier molecular flexibility index (Phi) is 3.13. The Morgan fingerprint density at radius 1 is 1.08 bits per heavy atom. The second-order valence-corrected chi connectivity index (χ2v) is 6.58. The van der Waals surface area contributed by atoms with Crippen molar-refractivity contribution in [2.24, 2.45) is 5.41 Å². The van der Waals surface area contributed by atoms with Crippen molar-refractivity contribution >= 4 is 27.1 Å². The maximum absolute atomic E-state index is 9.67. The van der Waals surface area contributed by atoms with Crippen molar-refractivity contribution in [2.45, 2.75) is 13.3 Å². The lowest BCUT2D eigenvalue weighted by atomic mass is 9.81. The molecule has 1 aliphatic rings. The zero-order valence-corrected chi connectivity index (χ0v) is 13.4. The molecular formula is C21H17NO2. The maximum Gasteiger partial charge on any atom is 0.116 e. The molecule has 118 valence electrons. The first-order valence-corrected chi connectivity index (χ1v) is 7.98. The summed E-state index contributed by atoms with van der Waals surface area (Å²) in [5.74, 6) is 0.264. The number of aliphatic hydroxyl groups excluding tert-OH is 1. The number of allylic oxidation sites excluding steroid dienone is 1. The van der Waals surface area contributed by atoms with Crippen LogP contribution in [0.3, 0.4) is 0 Å². The van der Waals surface area contributed by atoms with E-state index in [9.17, 15) is 15.5 Å². The van der Waals surface area contributed by atoms with Crippen molar-refractivity contribution in [2.75, 3.05) is 6.61 Å². The summed E-state index contributed by atoms with van der Waals surface area (Å²) < 4.78 is 0. The largest absolute Gasteiger partial charge is 0.508 e. The molecule has 0 fully saturated rings. The van der Waals surface area contributed by atoms with E-state index in [1.807, 2.05) is 18.2 Å². The number of hydrogen-bond donors (Lipinski definition) is 2. The first kappa shape index (κ1) is 14.7. The molecule has 0 bridgehead atoms. The van der Waals surface area contributed by atoms with Crippen LogP contribution in [-0.2, 0) is 6.42 Å². The number of hydrogen-bond acceptors (Lipinski definition) is 3. The van der Waals surface area contributed by atoms with Gasteiger partial charge >= 0.3 is 0 Å². The fraction of sp³-hybridized carbons (Fsp3) is 0.190. The molecule has 0 aromatic heterocycles. The fourth-order valence-electron chi connectivity index (χ4n) is 3.69. The Morgan fingerprint density at radius 3 is 2.58 bits per heavy atom. The standard InChI is InChI=1S/C21H17NO2/c1-21(11-22,12-23)20-9-8-18-17-4-2-13-10-14(24)3-5-15(13)16(17)6-7-19(18)20/h2-7,9-10,23-24H,8,12H2,1H3. The Hall–Kier alpha value is -2.83. The summed E-state index contributed by atoms with van der Waals surface area (Å²) in [5.41, 5.74) is 2.29. The van der Waals surface area contributed by atoms with E-state index in [2.05, 4.69) is 24.3 Å². The minimum Gasteiger partial charge on any atom is -0.508 e. The number of nitriles is 1. The topological polar surface area (TPSA) is 64.2 Å². The molecule has 4 rings (SSSR count). The highest BCUT2D eigenvalue weighted by Crippen LogP contribution is 2.43. The molecule has 3 aromatic rings. The predicted octanol–water partition coefficient (Wildman–Crippen LogP) is 4.16. The van der Waals surface area contributed by atoms with Gasteiger partial charge in [0.15, 0.2) is 0 Å². The molecular weight excluding hydrogens is 298 g/mol. The number of rotatable bonds is 2. The van der Waals surface area contributed by atoms with Crippen molar-refractivity contribution in [3.8, 4) is 11.8 Å². The van der Waals surface area contributed by atoms with Crippen LogP contribution in [-0.4, -0.2) is 16.8 Å². The van der Waals surface area contributed by atoms with Gasteiger partial charge in [0, 0.05) is 0 Å². The zero-order valence-electron chi connectivity index (χ0n) is 13.4. The van der Waals surface area contributed by atoms with Crippen LogP contribution in [0.1, 0.15) is 18.1 Å². The molecule has 1 aliphatic carbocycles. The SMILES string of the molecule is CC(C#N)(CO)C1=CCc2c1ccc1c2ccc2cc(O)ccc21. The Balaban J connectivity index is 1.97. The Morgan fingerprint density at radius 2 is 1.83 bits per heavy atom. The molecule has 0 heterocycles.